The number of nitrogens with zero attached hydrogens (tertiary/aromatic N) is 2. The molecule has 2 heterocycles. The van der Waals surface area contributed by atoms with Gasteiger partial charge in [-0.15, -0.1) is 0 Å². The zero-order chi connectivity index (χ0) is 21.2. The molecule has 0 saturated carbocycles. The van der Waals surface area contributed by atoms with E-state index in [0.717, 1.165) is 42.5 Å². The molecular formula is C19H22F3N3O3S. The van der Waals surface area contributed by atoms with Crippen molar-refractivity contribution in [2.75, 3.05) is 18.4 Å². The fourth-order valence-corrected chi connectivity index (χ4v) is 4.80. The van der Waals surface area contributed by atoms with Gasteiger partial charge in [-0.1, -0.05) is 12.8 Å². The highest BCUT2D eigenvalue weighted by Crippen LogP contribution is 2.30. The third-order valence-corrected chi connectivity index (χ3v) is 6.79. The largest absolute Gasteiger partial charge is 0.417 e. The van der Waals surface area contributed by atoms with Gasteiger partial charge >= 0.3 is 6.18 Å². The molecule has 10 heteroatoms. The van der Waals surface area contributed by atoms with Crippen LogP contribution in [0.1, 0.15) is 41.7 Å². The molecule has 1 saturated heterocycles. The topological polar surface area (TPSA) is 71.4 Å². The van der Waals surface area contributed by atoms with Gasteiger partial charge < -0.3 is 9.88 Å². The van der Waals surface area contributed by atoms with Crippen molar-refractivity contribution in [3.63, 3.8) is 0 Å². The summed E-state index contributed by atoms with van der Waals surface area (Å²) in [7, 11) is -2.26. The number of aromatic nitrogens is 1. The van der Waals surface area contributed by atoms with Gasteiger partial charge in [0.05, 0.1) is 10.5 Å². The maximum absolute atomic E-state index is 12.8. The highest BCUT2D eigenvalue weighted by atomic mass is 32.2. The average Bonchev–Trinajstić information content (AvgIpc) is 2.87. The van der Waals surface area contributed by atoms with E-state index < -0.39 is 27.7 Å². The molecule has 1 aliphatic heterocycles. The Morgan fingerprint density at radius 1 is 1.03 bits per heavy atom. The Hall–Kier alpha value is -2.33. The van der Waals surface area contributed by atoms with Crippen LogP contribution in [0.25, 0.3) is 0 Å². The quantitative estimate of drug-likeness (QED) is 0.802. The Morgan fingerprint density at radius 3 is 2.14 bits per heavy atom. The highest BCUT2D eigenvalue weighted by Gasteiger charge is 2.33. The third kappa shape index (κ3) is 4.81. The van der Waals surface area contributed by atoms with Gasteiger partial charge in [-0.25, -0.2) is 8.42 Å². The van der Waals surface area contributed by atoms with Gasteiger partial charge in [-0.05, 0) is 43.2 Å². The van der Waals surface area contributed by atoms with E-state index in [9.17, 15) is 26.4 Å². The number of carbonyl (C=O) groups is 1. The molecule has 1 fully saturated rings. The molecule has 1 aliphatic rings. The third-order valence-electron chi connectivity index (χ3n) is 4.88. The van der Waals surface area contributed by atoms with Crippen molar-refractivity contribution in [3.05, 3.63) is 47.8 Å². The van der Waals surface area contributed by atoms with Gasteiger partial charge in [0.25, 0.3) is 5.91 Å². The summed E-state index contributed by atoms with van der Waals surface area (Å²) in [5.41, 5.74) is -0.776. The number of anilines is 1. The number of nitrogens with one attached hydrogen (secondary N) is 1. The summed E-state index contributed by atoms with van der Waals surface area (Å²) in [4.78, 5) is 12.4. The van der Waals surface area contributed by atoms with Crippen LogP contribution >= 0.6 is 0 Å². The number of rotatable bonds is 4. The first-order chi connectivity index (χ1) is 13.6. The summed E-state index contributed by atoms with van der Waals surface area (Å²) in [6.45, 7) is 0.964. The van der Waals surface area contributed by atoms with Crippen molar-refractivity contribution < 1.29 is 26.4 Å². The lowest BCUT2D eigenvalue weighted by Crippen LogP contribution is -2.31. The molecule has 0 bridgehead atoms. The van der Waals surface area contributed by atoms with Crippen LogP contribution in [0.2, 0.25) is 0 Å². The zero-order valence-corrected chi connectivity index (χ0v) is 16.7. The normalized spacial score (nSPS) is 16.4. The molecule has 1 N–H and O–H groups in total. The lowest BCUT2D eigenvalue weighted by molar-refractivity contribution is -0.137. The Labute approximate surface area is 167 Å². The van der Waals surface area contributed by atoms with Gasteiger partial charge in [0.1, 0.15) is 5.69 Å². The van der Waals surface area contributed by atoms with Gasteiger partial charge in [0.15, 0.2) is 0 Å². The summed E-state index contributed by atoms with van der Waals surface area (Å²) in [5, 5.41) is 2.50. The van der Waals surface area contributed by atoms with Gasteiger partial charge in [-0.2, -0.15) is 17.5 Å². The minimum atomic E-state index is -4.54. The smallest absolute Gasteiger partial charge is 0.346 e. The molecular weight excluding hydrogens is 407 g/mol. The van der Waals surface area contributed by atoms with Crippen molar-refractivity contribution in [3.8, 4) is 0 Å². The Morgan fingerprint density at radius 2 is 1.62 bits per heavy atom. The molecule has 1 amide bonds. The second-order valence-electron chi connectivity index (χ2n) is 7.02. The molecule has 0 spiro atoms. The van der Waals surface area contributed by atoms with E-state index in [1.807, 2.05) is 0 Å². The van der Waals surface area contributed by atoms with E-state index >= 15 is 0 Å². The van der Waals surface area contributed by atoms with E-state index in [-0.39, 0.29) is 10.6 Å². The van der Waals surface area contributed by atoms with Crippen molar-refractivity contribution in [2.45, 2.75) is 36.8 Å². The number of hydrogen-bond acceptors (Lipinski definition) is 3. The number of carbonyl (C=O) groups excluding carboxylic acids is 1. The van der Waals surface area contributed by atoms with Crippen LogP contribution in [-0.2, 0) is 23.2 Å². The summed E-state index contributed by atoms with van der Waals surface area (Å²) < 4.78 is 66.5. The van der Waals surface area contributed by atoms with Crippen LogP contribution < -0.4 is 5.32 Å². The molecule has 0 unspecified atom stereocenters. The highest BCUT2D eigenvalue weighted by molar-refractivity contribution is 7.89. The van der Waals surface area contributed by atoms with E-state index in [4.69, 9.17) is 0 Å². The maximum Gasteiger partial charge on any atom is 0.417 e. The Kier molecular flexibility index (Phi) is 6.04. The van der Waals surface area contributed by atoms with Crippen LogP contribution in [0, 0.1) is 0 Å². The van der Waals surface area contributed by atoms with Crippen LogP contribution in [-0.4, -0.2) is 36.3 Å². The monoisotopic (exact) mass is 429 g/mol. The van der Waals surface area contributed by atoms with Crippen LogP contribution in [0.3, 0.4) is 0 Å². The minimum Gasteiger partial charge on any atom is -0.346 e. The summed E-state index contributed by atoms with van der Waals surface area (Å²) in [5.74, 6) is -0.717. The lowest BCUT2D eigenvalue weighted by atomic mass is 10.2. The number of halogens is 3. The van der Waals surface area contributed by atoms with E-state index in [1.54, 1.807) is 0 Å². The number of hydrogen-bond donors (Lipinski definition) is 1. The number of aryl methyl sites for hydroxylation is 1. The summed E-state index contributed by atoms with van der Waals surface area (Å²) in [6, 6.07) is 6.41. The van der Waals surface area contributed by atoms with Gasteiger partial charge in [-0.3, -0.25) is 4.79 Å². The first kappa shape index (κ1) is 21.4. The molecule has 1 aromatic carbocycles. The first-order valence-electron chi connectivity index (χ1n) is 9.24. The van der Waals surface area contributed by atoms with Crippen LogP contribution in [0.5, 0.6) is 0 Å². The molecule has 0 aliphatic carbocycles. The summed E-state index contributed by atoms with van der Waals surface area (Å²) >= 11 is 0. The Bertz CT molecular complexity index is 974. The number of amides is 1. The SMILES string of the molecule is Cn1cc(C(F)(F)F)cc1C(=O)Nc1ccc(S(=O)(=O)N2CCCCCC2)cc1. The average molecular weight is 429 g/mol. The second-order valence-corrected chi connectivity index (χ2v) is 8.96. The van der Waals surface area contributed by atoms with E-state index in [1.165, 1.54) is 35.6 Å². The fraction of sp³-hybridized carbons (Fsp3) is 0.421. The molecule has 158 valence electrons. The van der Waals surface area contributed by atoms with E-state index in [0.29, 0.717) is 18.8 Å². The van der Waals surface area contributed by atoms with Gasteiger partial charge in [0.2, 0.25) is 10.0 Å². The molecule has 0 radical (unpaired) electrons. The minimum absolute atomic E-state index is 0.121. The van der Waals surface area contributed by atoms with Crippen molar-refractivity contribution in [2.24, 2.45) is 7.05 Å². The first-order valence-corrected chi connectivity index (χ1v) is 10.7. The standard InChI is InChI=1S/C19H22F3N3O3S/c1-24-13-14(19(20,21)22)12-17(24)18(26)23-15-6-8-16(9-7-15)29(27,28)25-10-4-2-3-5-11-25/h6-9,12-13H,2-5,10-11H2,1H3,(H,23,26). The lowest BCUT2D eigenvalue weighted by Gasteiger charge is -2.20. The second kappa shape index (κ2) is 8.19. The van der Waals surface area contributed by atoms with Crippen molar-refractivity contribution in [1.29, 1.82) is 0 Å². The van der Waals surface area contributed by atoms with Crippen LogP contribution in [0.4, 0.5) is 18.9 Å². The number of sulfonamides is 1. The molecule has 0 atom stereocenters. The Balaban J connectivity index is 1.74. The molecule has 3 rings (SSSR count). The van der Waals surface area contributed by atoms with E-state index in [2.05, 4.69) is 5.32 Å². The zero-order valence-electron chi connectivity index (χ0n) is 15.9. The molecule has 6 nitrogen and oxygen atoms in total. The van der Waals surface area contributed by atoms with Crippen molar-refractivity contribution in [1.82, 2.24) is 8.87 Å². The summed E-state index contributed by atoms with van der Waals surface area (Å²) in [6.07, 6.45) is -0.0439. The molecule has 2 aromatic rings. The van der Waals surface area contributed by atoms with Crippen molar-refractivity contribution >= 4 is 21.6 Å². The predicted octanol–water partition coefficient (Wildman–Crippen LogP) is 3.86. The maximum atomic E-state index is 12.8. The molecule has 29 heavy (non-hydrogen) atoms. The number of benzene rings is 1. The number of alkyl halides is 3. The van der Waals surface area contributed by atoms with Crippen LogP contribution in [0.15, 0.2) is 41.4 Å². The predicted molar refractivity (Wildman–Crippen MR) is 102 cm³/mol. The molecule has 1 aromatic heterocycles. The fourth-order valence-electron chi connectivity index (χ4n) is 3.28. The van der Waals surface area contributed by atoms with Gasteiger partial charge in [0, 0.05) is 32.0 Å².